The molecule has 6 heteroatoms. The van der Waals surface area contributed by atoms with Crippen molar-refractivity contribution < 1.29 is 18.6 Å². The van der Waals surface area contributed by atoms with Gasteiger partial charge < -0.3 is 10.2 Å². The van der Waals surface area contributed by atoms with Gasteiger partial charge in [0, 0.05) is 5.56 Å². The van der Waals surface area contributed by atoms with E-state index in [1.54, 1.807) is 24.3 Å². The van der Waals surface area contributed by atoms with E-state index in [0.717, 1.165) is 26.2 Å². The Kier molecular flexibility index (Phi) is 5.63. The fraction of sp³-hybridized carbons (Fsp3) is 0.333. The van der Waals surface area contributed by atoms with Gasteiger partial charge in [-0.25, -0.2) is 13.1 Å². The third-order valence-corrected chi connectivity index (χ3v) is 6.00. The molecule has 1 aliphatic heterocycles. The molecule has 0 bridgehead atoms. The molecule has 2 aromatic carbocycles. The lowest BCUT2D eigenvalue weighted by Gasteiger charge is -2.30. The molecule has 3 rings (SSSR count). The average molecular weight is 347 g/mol. The first-order valence-electron chi connectivity index (χ1n) is 8.43. The number of hydrogen-bond donors (Lipinski definition) is 3. The normalized spacial score (nSPS) is 17.5. The van der Waals surface area contributed by atoms with E-state index in [-0.39, 0.29) is 6.04 Å². The molecule has 0 radical (unpaired) electrons. The van der Waals surface area contributed by atoms with Gasteiger partial charge in [-0.3, -0.25) is 0 Å². The summed E-state index contributed by atoms with van der Waals surface area (Å²) < 4.78 is 27.9. The Bertz CT molecular complexity index is 729. The van der Waals surface area contributed by atoms with E-state index in [1.165, 1.54) is 10.5 Å². The van der Waals surface area contributed by atoms with Crippen LogP contribution in [0.2, 0.25) is 0 Å². The molecule has 5 nitrogen and oxygen atoms in total. The first-order chi connectivity index (χ1) is 11.7. The maximum absolute atomic E-state index is 12.5. The molecule has 1 fully saturated rings. The highest BCUT2D eigenvalue weighted by Crippen LogP contribution is 2.11. The van der Waals surface area contributed by atoms with Gasteiger partial charge in [-0.2, -0.15) is 0 Å². The van der Waals surface area contributed by atoms with E-state index in [0.29, 0.717) is 11.4 Å². The minimum atomic E-state index is -3.47. The van der Waals surface area contributed by atoms with Gasteiger partial charge >= 0.3 is 0 Å². The molecule has 24 heavy (non-hydrogen) atoms. The van der Waals surface area contributed by atoms with Crippen LogP contribution in [0.1, 0.15) is 11.6 Å². The molecule has 0 aromatic heterocycles. The van der Waals surface area contributed by atoms with Gasteiger partial charge in [0.25, 0.3) is 0 Å². The summed E-state index contributed by atoms with van der Waals surface area (Å²) in [4.78, 5) is 1.76. The first kappa shape index (κ1) is 17.1. The molecular weight excluding hydrogens is 322 g/mol. The predicted molar refractivity (Wildman–Crippen MR) is 93.2 cm³/mol. The molecular formula is C18H25N3O2S+2. The van der Waals surface area contributed by atoms with E-state index in [2.05, 4.69) is 22.2 Å². The topological polar surface area (TPSA) is 67.2 Å². The Hall–Kier alpha value is -1.73. The zero-order valence-electron chi connectivity index (χ0n) is 13.7. The highest BCUT2D eigenvalue weighted by molar-refractivity contribution is 7.89. The minimum absolute atomic E-state index is 0.137. The van der Waals surface area contributed by atoms with E-state index >= 15 is 0 Å². The smallest absolute Gasteiger partial charge is 0.240 e. The number of nitrogens with two attached hydrogens (primary N) is 1. The van der Waals surface area contributed by atoms with Crippen molar-refractivity contribution in [3.8, 4) is 0 Å². The van der Waals surface area contributed by atoms with Crippen LogP contribution in [0.4, 0.5) is 0 Å². The van der Waals surface area contributed by atoms with Crippen LogP contribution >= 0.6 is 0 Å². The van der Waals surface area contributed by atoms with Gasteiger partial charge in [-0.05, 0) is 12.1 Å². The Balaban J connectivity index is 1.77. The Morgan fingerprint density at radius 1 is 0.958 bits per heavy atom. The van der Waals surface area contributed by atoms with Gasteiger partial charge in [0.2, 0.25) is 10.0 Å². The number of benzene rings is 2. The van der Waals surface area contributed by atoms with Crippen molar-refractivity contribution in [1.29, 1.82) is 0 Å². The number of rotatable bonds is 6. The summed E-state index contributed by atoms with van der Waals surface area (Å²) in [6.07, 6.45) is 0. The van der Waals surface area contributed by atoms with Gasteiger partial charge in [0.05, 0.1) is 11.4 Å². The van der Waals surface area contributed by atoms with Crippen LogP contribution in [0, 0.1) is 0 Å². The standard InChI is InChI=1S/C18H23N3O2S/c22-24(23,17-9-5-2-6-10-17)20-15-18(16-7-3-1-4-8-16)21-13-11-19-12-14-21/h1-10,18-20H,11-15H2/p+2/t18-/m1/s1. The zero-order chi connectivity index (χ0) is 16.8. The van der Waals surface area contributed by atoms with E-state index < -0.39 is 10.0 Å². The molecule has 1 atom stereocenters. The molecule has 1 heterocycles. The van der Waals surface area contributed by atoms with Crippen molar-refractivity contribution in [3.05, 3.63) is 66.2 Å². The molecule has 0 aliphatic carbocycles. The molecule has 0 amide bonds. The lowest BCUT2D eigenvalue weighted by molar-refractivity contribution is -0.971. The second-order valence-corrected chi connectivity index (χ2v) is 7.92. The number of nitrogens with one attached hydrogen (secondary N) is 2. The van der Waals surface area contributed by atoms with E-state index in [4.69, 9.17) is 0 Å². The molecule has 0 saturated carbocycles. The van der Waals surface area contributed by atoms with Crippen molar-refractivity contribution in [2.45, 2.75) is 10.9 Å². The van der Waals surface area contributed by atoms with Crippen LogP contribution < -0.4 is 14.9 Å². The van der Waals surface area contributed by atoms with Crippen molar-refractivity contribution in [2.75, 3.05) is 32.7 Å². The quantitative estimate of drug-likeness (QED) is 0.638. The molecule has 0 unspecified atom stereocenters. The summed E-state index contributed by atoms with van der Waals surface area (Å²) in [5.41, 5.74) is 1.19. The average Bonchev–Trinajstić information content (AvgIpc) is 2.64. The fourth-order valence-electron chi connectivity index (χ4n) is 3.25. The summed E-state index contributed by atoms with van der Waals surface area (Å²) in [7, 11) is -3.47. The summed E-state index contributed by atoms with van der Waals surface area (Å²) >= 11 is 0. The summed E-state index contributed by atoms with van der Waals surface area (Å²) in [6.45, 7) is 4.68. The second-order valence-electron chi connectivity index (χ2n) is 6.15. The molecule has 4 N–H and O–H groups in total. The zero-order valence-corrected chi connectivity index (χ0v) is 14.5. The van der Waals surface area contributed by atoms with Gasteiger partial charge in [-0.1, -0.05) is 48.5 Å². The Morgan fingerprint density at radius 2 is 1.54 bits per heavy atom. The maximum Gasteiger partial charge on any atom is 0.240 e. The monoisotopic (exact) mass is 347 g/mol. The summed E-state index contributed by atoms with van der Waals surface area (Å²) in [6, 6.07) is 18.9. The highest BCUT2D eigenvalue weighted by Gasteiger charge is 2.28. The second kappa shape index (κ2) is 7.90. The first-order valence-corrected chi connectivity index (χ1v) is 9.91. The van der Waals surface area contributed by atoms with Crippen LogP contribution in [0.25, 0.3) is 0 Å². The highest BCUT2D eigenvalue weighted by atomic mass is 32.2. The number of hydrogen-bond acceptors (Lipinski definition) is 2. The van der Waals surface area contributed by atoms with Crippen molar-refractivity contribution in [1.82, 2.24) is 4.72 Å². The maximum atomic E-state index is 12.5. The molecule has 1 saturated heterocycles. The van der Waals surface area contributed by atoms with E-state index in [9.17, 15) is 8.42 Å². The van der Waals surface area contributed by atoms with Crippen LogP contribution in [0.3, 0.4) is 0 Å². The molecule has 1 aliphatic rings. The van der Waals surface area contributed by atoms with Gasteiger partial charge in [0.1, 0.15) is 32.2 Å². The van der Waals surface area contributed by atoms with E-state index in [1.807, 2.05) is 24.3 Å². The molecule has 0 spiro atoms. The molecule has 2 aromatic rings. The number of piperazine rings is 1. The number of quaternary nitrogens is 2. The SMILES string of the molecule is O=S(=O)(NC[C@H](c1ccccc1)[NH+]1CC[NH2+]CC1)c1ccccc1. The largest absolute Gasteiger partial charge is 0.337 e. The van der Waals surface area contributed by atoms with Crippen LogP contribution in [0.5, 0.6) is 0 Å². The summed E-state index contributed by atoms with van der Waals surface area (Å²) in [5.74, 6) is 0. The van der Waals surface area contributed by atoms with Crippen LogP contribution in [0.15, 0.2) is 65.6 Å². The van der Waals surface area contributed by atoms with Crippen LogP contribution in [-0.2, 0) is 10.0 Å². The van der Waals surface area contributed by atoms with Crippen molar-refractivity contribution >= 4 is 10.0 Å². The van der Waals surface area contributed by atoms with Crippen molar-refractivity contribution in [2.24, 2.45) is 0 Å². The third-order valence-electron chi connectivity index (χ3n) is 4.56. The predicted octanol–water partition coefficient (Wildman–Crippen LogP) is -0.832. The number of sulfonamides is 1. The van der Waals surface area contributed by atoms with Gasteiger partial charge in [0.15, 0.2) is 0 Å². The lowest BCUT2D eigenvalue weighted by atomic mass is 10.0. The Labute approximate surface area is 143 Å². The third kappa shape index (κ3) is 4.21. The summed E-state index contributed by atoms with van der Waals surface area (Å²) in [5, 5.41) is 2.32. The molecule has 128 valence electrons. The van der Waals surface area contributed by atoms with Crippen LogP contribution in [-0.4, -0.2) is 41.1 Å². The van der Waals surface area contributed by atoms with Crippen molar-refractivity contribution in [3.63, 3.8) is 0 Å². The Morgan fingerprint density at radius 3 is 2.17 bits per heavy atom. The fourth-order valence-corrected chi connectivity index (χ4v) is 4.32. The minimum Gasteiger partial charge on any atom is -0.337 e. The lowest BCUT2D eigenvalue weighted by Crippen LogP contribution is -3.21. The van der Waals surface area contributed by atoms with Gasteiger partial charge in [-0.15, -0.1) is 0 Å².